The van der Waals surface area contributed by atoms with Crippen molar-refractivity contribution in [1.29, 1.82) is 0 Å². The van der Waals surface area contributed by atoms with Gasteiger partial charge in [-0.15, -0.1) is 0 Å². The molecule has 1 heterocycles. The molecule has 0 aliphatic carbocycles. The number of benzene rings is 2. The number of rotatable bonds is 9. The first kappa shape index (κ1) is 24.4. The average Bonchev–Trinajstić information content (AvgIpc) is 3.08. The van der Waals surface area contributed by atoms with Crippen LogP contribution in [0.4, 0.5) is 10.5 Å². The number of amides is 5. The molecule has 0 aromatic heterocycles. The molecular formula is C23H23N3O8. The van der Waals surface area contributed by atoms with Crippen LogP contribution in [0.5, 0.6) is 5.75 Å². The summed E-state index contributed by atoms with van der Waals surface area (Å²) in [6.45, 7) is 2.08. The van der Waals surface area contributed by atoms with E-state index < -0.39 is 36.3 Å². The minimum Gasteiger partial charge on any atom is -0.494 e. The molecule has 1 aliphatic heterocycles. The van der Waals surface area contributed by atoms with Gasteiger partial charge in [0.25, 0.3) is 17.7 Å². The Morgan fingerprint density at radius 3 is 2.35 bits per heavy atom. The first-order chi connectivity index (χ1) is 16.3. The number of esters is 1. The number of nitrogens with zero attached hydrogens (tertiary/aromatic N) is 1. The molecule has 2 aromatic carbocycles. The summed E-state index contributed by atoms with van der Waals surface area (Å²) in [7, 11) is 1.46. The Kier molecular flexibility index (Phi) is 7.93. The van der Waals surface area contributed by atoms with Gasteiger partial charge in [0.05, 0.1) is 35.6 Å². The van der Waals surface area contributed by atoms with Crippen LogP contribution in [0.3, 0.4) is 0 Å². The summed E-state index contributed by atoms with van der Waals surface area (Å²) in [5, 5.41) is 4.38. The zero-order valence-corrected chi connectivity index (χ0v) is 18.6. The quantitative estimate of drug-likeness (QED) is 0.320. The van der Waals surface area contributed by atoms with Crippen LogP contribution in [0.15, 0.2) is 42.5 Å². The predicted molar refractivity (Wildman–Crippen MR) is 119 cm³/mol. The van der Waals surface area contributed by atoms with Crippen LogP contribution >= 0.6 is 0 Å². The molecule has 0 fully saturated rings. The van der Waals surface area contributed by atoms with Crippen molar-refractivity contribution in [2.45, 2.75) is 6.92 Å². The zero-order valence-electron chi connectivity index (χ0n) is 18.6. The van der Waals surface area contributed by atoms with Gasteiger partial charge in [-0.1, -0.05) is 0 Å². The van der Waals surface area contributed by atoms with Crippen molar-refractivity contribution in [1.82, 2.24) is 10.6 Å². The second-order valence-electron chi connectivity index (χ2n) is 7.01. The van der Waals surface area contributed by atoms with Crippen LogP contribution in [-0.4, -0.2) is 63.2 Å². The summed E-state index contributed by atoms with van der Waals surface area (Å²) >= 11 is 0. The molecule has 3 rings (SSSR count). The van der Waals surface area contributed by atoms with E-state index in [0.717, 1.165) is 4.90 Å². The standard InChI is InChI=1S/C23H23N3O8/c1-3-33-16-7-5-15(6-8-16)26-20(28)17-9-4-14(12-18(17)21(26)29)22(30)34-13-19(27)25-23(31)24-10-11-32-2/h4-9,12H,3,10-11,13H2,1-2H3,(H2,24,25,27,31). The molecular weight excluding hydrogens is 446 g/mol. The molecule has 2 aromatic rings. The van der Waals surface area contributed by atoms with E-state index in [1.165, 1.54) is 25.3 Å². The SMILES string of the molecule is CCOc1ccc(N2C(=O)c3ccc(C(=O)OCC(=O)NC(=O)NCCOC)cc3C2=O)cc1. The average molecular weight is 469 g/mol. The van der Waals surface area contributed by atoms with E-state index >= 15 is 0 Å². The van der Waals surface area contributed by atoms with Gasteiger partial charge in [-0.2, -0.15) is 0 Å². The summed E-state index contributed by atoms with van der Waals surface area (Å²) in [6.07, 6.45) is 0. The molecule has 0 unspecified atom stereocenters. The summed E-state index contributed by atoms with van der Waals surface area (Å²) in [6, 6.07) is 9.63. The Labute approximate surface area is 195 Å². The highest BCUT2D eigenvalue weighted by atomic mass is 16.5. The molecule has 0 radical (unpaired) electrons. The molecule has 11 heteroatoms. The molecule has 5 amide bonds. The molecule has 2 N–H and O–H groups in total. The van der Waals surface area contributed by atoms with Crippen molar-refractivity contribution >= 4 is 35.4 Å². The second-order valence-corrected chi connectivity index (χ2v) is 7.01. The number of carbonyl (C=O) groups is 5. The Morgan fingerprint density at radius 2 is 1.68 bits per heavy atom. The lowest BCUT2D eigenvalue weighted by Gasteiger charge is -2.14. The Hall–Kier alpha value is -4.25. The highest BCUT2D eigenvalue weighted by Gasteiger charge is 2.37. The lowest BCUT2D eigenvalue weighted by Crippen LogP contribution is -2.42. The Morgan fingerprint density at radius 1 is 0.971 bits per heavy atom. The van der Waals surface area contributed by atoms with Gasteiger partial charge in [0, 0.05) is 13.7 Å². The predicted octanol–water partition coefficient (Wildman–Crippen LogP) is 1.51. The molecule has 0 saturated heterocycles. The number of ether oxygens (including phenoxy) is 3. The van der Waals surface area contributed by atoms with E-state index in [9.17, 15) is 24.0 Å². The van der Waals surface area contributed by atoms with Crippen molar-refractivity contribution in [3.05, 3.63) is 59.2 Å². The molecule has 1 aliphatic rings. The lowest BCUT2D eigenvalue weighted by atomic mass is 10.1. The molecule has 11 nitrogen and oxygen atoms in total. The van der Waals surface area contributed by atoms with E-state index in [4.69, 9.17) is 14.2 Å². The molecule has 178 valence electrons. The number of fused-ring (bicyclic) bond motifs is 1. The van der Waals surface area contributed by atoms with Crippen molar-refractivity contribution in [2.75, 3.05) is 38.4 Å². The Bertz CT molecular complexity index is 1110. The van der Waals surface area contributed by atoms with Crippen LogP contribution in [0.1, 0.15) is 38.0 Å². The summed E-state index contributed by atoms with van der Waals surface area (Å²) in [5.41, 5.74) is 0.515. The van der Waals surface area contributed by atoms with Crippen LogP contribution in [0.2, 0.25) is 0 Å². The topological polar surface area (TPSA) is 140 Å². The van der Waals surface area contributed by atoms with Crippen molar-refractivity contribution in [2.24, 2.45) is 0 Å². The number of carbonyl (C=O) groups excluding carboxylic acids is 5. The summed E-state index contributed by atoms with van der Waals surface area (Å²) in [5.74, 6) is -2.24. The van der Waals surface area contributed by atoms with Crippen molar-refractivity contribution < 1.29 is 38.2 Å². The highest BCUT2D eigenvalue weighted by molar-refractivity contribution is 6.34. The van der Waals surface area contributed by atoms with Gasteiger partial charge in [-0.3, -0.25) is 19.7 Å². The van der Waals surface area contributed by atoms with Gasteiger partial charge < -0.3 is 19.5 Å². The van der Waals surface area contributed by atoms with E-state index in [2.05, 4.69) is 5.32 Å². The van der Waals surface area contributed by atoms with Gasteiger partial charge >= 0.3 is 12.0 Å². The summed E-state index contributed by atoms with van der Waals surface area (Å²) in [4.78, 5) is 62.3. The fraction of sp³-hybridized carbons (Fsp3) is 0.261. The second kappa shape index (κ2) is 11.1. The van der Waals surface area contributed by atoms with Gasteiger partial charge in [0.1, 0.15) is 5.75 Å². The van der Waals surface area contributed by atoms with Gasteiger partial charge in [-0.05, 0) is 49.4 Å². The number of hydrogen-bond acceptors (Lipinski definition) is 8. The largest absolute Gasteiger partial charge is 0.494 e. The van der Waals surface area contributed by atoms with E-state index in [0.29, 0.717) is 18.0 Å². The van der Waals surface area contributed by atoms with Crippen LogP contribution in [0.25, 0.3) is 0 Å². The molecule has 34 heavy (non-hydrogen) atoms. The van der Waals surface area contributed by atoms with Crippen LogP contribution in [-0.2, 0) is 14.3 Å². The smallest absolute Gasteiger partial charge is 0.338 e. The number of urea groups is 1. The van der Waals surface area contributed by atoms with E-state index in [1.807, 2.05) is 12.2 Å². The summed E-state index contributed by atoms with van der Waals surface area (Å²) < 4.78 is 15.0. The number of nitrogens with one attached hydrogen (secondary N) is 2. The minimum atomic E-state index is -0.891. The fourth-order valence-electron chi connectivity index (χ4n) is 3.15. The first-order valence-corrected chi connectivity index (χ1v) is 10.3. The molecule has 0 spiro atoms. The number of anilines is 1. The molecule has 0 saturated carbocycles. The van der Waals surface area contributed by atoms with Gasteiger partial charge in [0.2, 0.25) is 0 Å². The zero-order chi connectivity index (χ0) is 24.7. The number of hydrogen-bond donors (Lipinski definition) is 2. The van der Waals surface area contributed by atoms with Crippen LogP contribution in [0, 0.1) is 0 Å². The monoisotopic (exact) mass is 469 g/mol. The number of methoxy groups -OCH3 is 1. The number of imide groups is 2. The maximum absolute atomic E-state index is 12.9. The minimum absolute atomic E-state index is 0.0224. The first-order valence-electron chi connectivity index (χ1n) is 10.3. The van der Waals surface area contributed by atoms with E-state index in [-0.39, 0.29) is 29.8 Å². The van der Waals surface area contributed by atoms with Crippen molar-refractivity contribution in [3.63, 3.8) is 0 Å². The maximum Gasteiger partial charge on any atom is 0.338 e. The molecule has 0 bridgehead atoms. The lowest BCUT2D eigenvalue weighted by molar-refractivity contribution is -0.123. The van der Waals surface area contributed by atoms with Crippen LogP contribution < -0.4 is 20.3 Å². The Balaban J connectivity index is 1.63. The maximum atomic E-state index is 12.9. The highest BCUT2D eigenvalue weighted by Crippen LogP contribution is 2.30. The normalized spacial score (nSPS) is 12.2. The van der Waals surface area contributed by atoms with E-state index in [1.54, 1.807) is 24.3 Å². The third-order valence-electron chi connectivity index (χ3n) is 4.71. The van der Waals surface area contributed by atoms with Gasteiger partial charge in [-0.25, -0.2) is 14.5 Å². The fourth-order valence-corrected chi connectivity index (χ4v) is 3.15. The van der Waals surface area contributed by atoms with Gasteiger partial charge in [0.15, 0.2) is 6.61 Å². The third kappa shape index (κ3) is 5.56. The molecule has 0 atom stereocenters. The van der Waals surface area contributed by atoms with Crippen molar-refractivity contribution in [3.8, 4) is 5.75 Å². The third-order valence-corrected chi connectivity index (χ3v) is 4.71.